The van der Waals surface area contributed by atoms with Gasteiger partial charge in [-0.3, -0.25) is 4.79 Å². The molecule has 0 heterocycles. The molecule has 0 aliphatic heterocycles. The second-order valence-corrected chi connectivity index (χ2v) is 3.84. The molecule has 1 rings (SSSR count). The van der Waals surface area contributed by atoms with Gasteiger partial charge in [0.25, 0.3) is 5.91 Å². The number of nitrogens with two attached hydrogens (primary N) is 1. The minimum Gasteiger partial charge on any atom is -0.370 e. The molecule has 1 unspecified atom stereocenters. The Kier molecular flexibility index (Phi) is 7.15. The Bertz CT molecular complexity index is 382. The summed E-state index contributed by atoms with van der Waals surface area (Å²) >= 11 is 5.98. The maximum atomic E-state index is 11.6. The number of halogens is 2. The minimum atomic E-state index is -0.655. The predicted molar refractivity (Wildman–Crippen MR) is 71.9 cm³/mol. The van der Waals surface area contributed by atoms with Crippen LogP contribution in [-0.4, -0.2) is 25.7 Å². The molecule has 6 heteroatoms. The molecule has 1 amide bonds. The summed E-state index contributed by atoms with van der Waals surface area (Å²) in [4.78, 5) is 11.6. The lowest BCUT2D eigenvalue weighted by Crippen LogP contribution is -2.35. The first-order chi connectivity index (χ1) is 7.58. The van der Waals surface area contributed by atoms with Crippen LogP contribution in [-0.2, 0) is 9.53 Å². The number of carbonyl (C=O) groups is 1. The van der Waals surface area contributed by atoms with Crippen LogP contribution in [0.15, 0.2) is 18.2 Å². The van der Waals surface area contributed by atoms with Crippen molar-refractivity contribution in [1.29, 1.82) is 0 Å². The fourth-order valence-electron chi connectivity index (χ4n) is 1.25. The maximum absolute atomic E-state index is 11.6. The summed E-state index contributed by atoms with van der Waals surface area (Å²) in [6.07, 6.45) is -0.655. The second-order valence-electron chi connectivity index (χ2n) is 3.43. The van der Waals surface area contributed by atoms with E-state index in [9.17, 15) is 4.79 Å². The highest BCUT2D eigenvalue weighted by Crippen LogP contribution is 2.22. The van der Waals surface area contributed by atoms with E-state index in [0.717, 1.165) is 5.56 Å². The molecule has 1 aromatic carbocycles. The number of amides is 1. The van der Waals surface area contributed by atoms with Crippen LogP contribution >= 0.6 is 24.0 Å². The van der Waals surface area contributed by atoms with Crippen molar-refractivity contribution >= 4 is 35.6 Å². The summed E-state index contributed by atoms with van der Waals surface area (Å²) in [6.45, 7) is 2.06. The number of hydrogen-bond donors (Lipinski definition) is 2. The SMILES string of the molecule is COC(CN)C(=O)Nc1ccc(C)cc1Cl.Cl. The highest BCUT2D eigenvalue weighted by atomic mass is 35.5. The van der Waals surface area contributed by atoms with Crippen molar-refractivity contribution in [2.24, 2.45) is 5.73 Å². The van der Waals surface area contributed by atoms with Gasteiger partial charge >= 0.3 is 0 Å². The number of nitrogens with one attached hydrogen (secondary N) is 1. The summed E-state index contributed by atoms with van der Waals surface area (Å²) in [5.74, 6) is -0.296. The van der Waals surface area contributed by atoms with E-state index in [0.29, 0.717) is 10.7 Å². The van der Waals surface area contributed by atoms with Crippen molar-refractivity contribution in [3.63, 3.8) is 0 Å². The maximum Gasteiger partial charge on any atom is 0.254 e. The Balaban J connectivity index is 0.00000256. The molecule has 0 aliphatic rings. The lowest BCUT2D eigenvalue weighted by atomic mass is 10.2. The first-order valence-electron chi connectivity index (χ1n) is 4.88. The van der Waals surface area contributed by atoms with Gasteiger partial charge in [0, 0.05) is 13.7 Å². The minimum absolute atomic E-state index is 0. The van der Waals surface area contributed by atoms with Crippen molar-refractivity contribution in [3.8, 4) is 0 Å². The van der Waals surface area contributed by atoms with Gasteiger partial charge in [-0.05, 0) is 24.6 Å². The van der Waals surface area contributed by atoms with Crippen LogP contribution in [0.5, 0.6) is 0 Å². The first-order valence-corrected chi connectivity index (χ1v) is 5.26. The van der Waals surface area contributed by atoms with Gasteiger partial charge in [0.15, 0.2) is 0 Å². The van der Waals surface area contributed by atoms with E-state index in [2.05, 4.69) is 5.32 Å². The predicted octanol–water partition coefficient (Wildman–Crippen LogP) is 1.98. The number of methoxy groups -OCH3 is 1. The zero-order valence-electron chi connectivity index (χ0n) is 9.70. The number of hydrogen-bond acceptors (Lipinski definition) is 3. The number of rotatable bonds is 4. The molecule has 0 saturated heterocycles. The van der Waals surface area contributed by atoms with Crippen molar-refractivity contribution in [3.05, 3.63) is 28.8 Å². The summed E-state index contributed by atoms with van der Waals surface area (Å²) in [5, 5.41) is 3.16. The van der Waals surface area contributed by atoms with Gasteiger partial charge in [0.2, 0.25) is 0 Å². The van der Waals surface area contributed by atoms with Crippen molar-refractivity contribution in [2.75, 3.05) is 19.0 Å². The molecule has 0 radical (unpaired) electrons. The Morgan fingerprint density at radius 2 is 2.24 bits per heavy atom. The van der Waals surface area contributed by atoms with E-state index in [-0.39, 0.29) is 24.9 Å². The zero-order valence-corrected chi connectivity index (χ0v) is 11.3. The standard InChI is InChI=1S/C11H15ClN2O2.ClH/c1-7-3-4-9(8(12)5-7)14-11(15)10(6-13)16-2;/h3-5,10H,6,13H2,1-2H3,(H,14,15);1H. The summed E-state index contributed by atoms with van der Waals surface area (Å²) < 4.78 is 4.92. The Morgan fingerprint density at radius 3 is 2.71 bits per heavy atom. The van der Waals surface area contributed by atoms with Gasteiger partial charge in [-0.25, -0.2) is 0 Å². The zero-order chi connectivity index (χ0) is 12.1. The van der Waals surface area contributed by atoms with Crippen LogP contribution in [0.1, 0.15) is 5.56 Å². The molecular weight excluding hydrogens is 263 g/mol. The van der Waals surface area contributed by atoms with E-state index >= 15 is 0 Å². The molecule has 0 aromatic heterocycles. The van der Waals surface area contributed by atoms with Crippen LogP contribution in [0, 0.1) is 6.92 Å². The van der Waals surface area contributed by atoms with Crippen molar-refractivity contribution < 1.29 is 9.53 Å². The van der Waals surface area contributed by atoms with Gasteiger partial charge < -0.3 is 15.8 Å². The molecule has 3 N–H and O–H groups in total. The molecule has 1 aromatic rings. The van der Waals surface area contributed by atoms with Gasteiger partial charge in [0.05, 0.1) is 10.7 Å². The largest absolute Gasteiger partial charge is 0.370 e. The second kappa shape index (κ2) is 7.50. The lowest BCUT2D eigenvalue weighted by Gasteiger charge is -2.14. The van der Waals surface area contributed by atoms with Crippen molar-refractivity contribution in [2.45, 2.75) is 13.0 Å². The molecule has 0 aliphatic carbocycles. The molecule has 17 heavy (non-hydrogen) atoms. The Labute approximate surface area is 112 Å². The van der Waals surface area contributed by atoms with Gasteiger partial charge in [0.1, 0.15) is 6.10 Å². The summed E-state index contributed by atoms with van der Waals surface area (Å²) in [6, 6.07) is 5.39. The Hall–Kier alpha value is -0.810. The average molecular weight is 279 g/mol. The molecule has 0 fully saturated rings. The van der Waals surface area contributed by atoms with Crippen LogP contribution in [0.2, 0.25) is 5.02 Å². The topological polar surface area (TPSA) is 64.3 Å². The molecule has 1 atom stereocenters. The first kappa shape index (κ1) is 16.2. The summed E-state index contributed by atoms with van der Waals surface area (Å²) in [5.41, 5.74) is 6.98. The summed E-state index contributed by atoms with van der Waals surface area (Å²) in [7, 11) is 1.44. The van der Waals surface area contributed by atoms with E-state index in [4.69, 9.17) is 22.1 Å². The molecule has 0 saturated carbocycles. The fourth-order valence-corrected chi connectivity index (χ4v) is 1.53. The molecular formula is C11H16Cl2N2O2. The van der Waals surface area contributed by atoms with E-state index < -0.39 is 6.10 Å². The molecule has 4 nitrogen and oxygen atoms in total. The number of anilines is 1. The number of carbonyl (C=O) groups excluding carboxylic acids is 1. The molecule has 96 valence electrons. The number of aryl methyl sites for hydroxylation is 1. The van der Waals surface area contributed by atoms with Crippen LogP contribution in [0.4, 0.5) is 5.69 Å². The van der Waals surface area contributed by atoms with E-state index in [1.54, 1.807) is 12.1 Å². The lowest BCUT2D eigenvalue weighted by molar-refractivity contribution is -0.125. The third-order valence-corrected chi connectivity index (χ3v) is 2.49. The highest BCUT2D eigenvalue weighted by Gasteiger charge is 2.16. The van der Waals surface area contributed by atoms with Crippen LogP contribution in [0.25, 0.3) is 0 Å². The number of ether oxygens (including phenoxy) is 1. The number of benzene rings is 1. The van der Waals surface area contributed by atoms with E-state index in [1.165, 1.54) is 7.11 Å². The molecule has 0 bridgehead atoms. The smallest absolute Gasteiger partial charge is 0.254 e. The third kappa shape index (κ3) is 4.52. The Morgan fingerprint density at radius 1 is 1.59 bits per heavy atom. The van der Waals surface area contributed by atoms with Crippen LogP contribution in [0.3, 0.4) is 0 Å². The van der Waals surface area contributed by atoms with Gasteiger partial charge in [-0.2, -0.15) is 0 Å². The molecule has 0 spiro atoms. The van der Waals surface area contributed by atoms with Crippen molar-refractivity contribution in [1.82, 2.24) is 0 Å². The van der Waals surface area contributed by atoms with E-state index in [1.807, 2.05) is 13.0 Å². The monoisotopic (exact) mass is 278 g/mol. The quantitative estimate of drug-likeness (QED) is 0.885. The normalized spacial score (nSPS) is 11.5. The highest BCUT2D eigenvalue weighted by molar-refractivity contribution is 6.33. The van der Waals surface area contributed by atoms with Crippen LogP contribution < -0.4 is 11.1 Å². The average Bonchev–Trinajstić information content (AvgIpc) is 2.24. The van der Waals surface area contributed by atoms with Gasteiger partial charge in [-0.15, -0.1) is 12.4 Å². The third-order valence-electron chi connectivity index (χ3n) is 2.17. The fraction of sp³-hybridized carbons (Fsp3) is 0.364. The van der Waals surface area contributed by atoms with Gasteiger partial charge in [-0.1, -0.05) is 17.7 Å².